The van der Waals surface area contributed by atoms with Crippen molar-refractivity contribution in [3.8, 4) is 11.4 Å². The van der Waals surface area contributed by atoms with Crippen molar-refractivity contribution in [2.24, 2.45) is 0 Å². The van der Waals surface area contributed by atoms with E-state index in [1.54, 1.807) is 11.3 Å². The van der Waals surface area contributed by atoms with Gasteiger partial charge in [-0.2, -0.15) is 0 Å². The molecule has 5 rings (SSSR count). The summed E-state index contributed by atoms with van der Waals surface area (Å²) < 4.78 is 2.55. The molecule has 0 saturated heterocycles. The molecule has 0 aliphatic rings. The topological polar surface area (TPSA) is 25.8 Å². The van der Waals surface area contributed by atoms with Gasteiger partial charge in [-0.3, -0.25) is 4.98 Å². The number of rotatable bonds is 1. The Balaban J connectivity index is 1.73. The monoisotopic (exact) mass is 312 g/mol. The van der Waals surface area contributed by atoms with Crippen LogP contribution in [0, 0.1) is 0 Å². The summed E-state index contributed by atoms with van der Waals surface area (Å²) in [7, 11) is 0. The van der Waals surface area contributed by atoms with Crippen LogP contribution in [-0.4, -0.2) is 9.97 Å². The van der Waals surface area contributed by atoms with E-state index >= 15 is 0 Å². The van der Waals surface area contributed by atoms with Gasteiger partial charge in [0, 0.05) is 31.8 Å². The van der Waals surface area contributed by atoms with Gasteiger partial charge in [0.1, 0.15) is 0 Å². The standard InChI is InChI=1S/C20H12N2S/c1-3-7-16-13(5-1)9-10-17(22-16)18-11-20-15(12-21-18)14-6-2-4-8-19(14)23-20/h1-12H. The molecule has 0 N–H and O–H groups in total. The van der Waals surface area contributed by atoms with Crippen molar-refractivity contribution in [2.45, 2.75) is 0 Å². The molecule has 0 aliphatic carbocycles. The van der Waals surface area contributed by atoms with Gasteiger partial charge in [-0.1, -0.05) is 42.5 Å². The first-order chi connectivity index (χ1) is 11.4. The summed E-state index contributed by atoms with van der Waals surface area (Å²) in [5.41, 5.74) is 2.85. The molecule has 5 aromatic rings. The van der Waals surface area contributed by atoms with Gasteiger partial charge in [0.2, 0.25) is 0 Å². The van der Waals surface area contributed by atoms with Crippen molar-refractivity contribution >= 4 is 42.4 Å². The number of nitrogens with zero attached hydrogens (tertiary/aromatic N) is 2. The first kappa shape index (κ1) is 12.7. The Kier molecular flexibility index (Phi) is 2.69. The molecule has 0 atom stereocenters. The fourth-order valence-electron chi connectivity index (χ4n) is 2.97. The highest BCUT2D eigenvalue weighted by molar-refractivity contribution is 7.25. The van der Waals surface area contributed by atoms with E-state index in [4.69, 9.17) is 4.98 Å². The number of benzene rings is 2. The Hall–Kier alpha value is -2.78. The Morgan fingerprint density at radius 1 is 0.696 bits per heavy atom. The highest BCUT2D eigenvalue weighted by Crippen LogP contribution is 2.34. The third-order valence-corrected chi connectivity index (χ3v) is 5.26. The molecule has 0 spiro atoms. The maximum absolute atomic E-state index is 4.75. The SMILES string of the molecule is c1ccc2nc(-c3cc4sc5ccccc5c4cn3)ccc2c1. The molecule has 0 amide bonds. The molecule has 0 aliphatic heterocycles. The number of para-hydroxylation sites is 1. The van der Waals surface area contributed by atoms with Crippen LogP contribution in [0.5, 0.6) is 0 Å². The zero-order chi connectivity index (χ0) is 15.2. The number of fused-ring (bicyclic) bond motifs is 4. The van der Waals surface area contributed by atoms with E-state index in [-0.39, 0.29) is 0 Å². The van der Waals surface area contributed by atoms with Gasteiger partial charge in [0.25, 0.3) is 0 Å². The molecular weight excluding hydrogens is 300 g/mol. The zero-order valence-corrected chi connectivity index (χ0v) is 13.0. The fraction of sp³-hybridized carbons (Fsp3) is 0. The number of hydrogen-bond donors (Lipinski definition) is 0. The van der Waals surface area contributed by atoms with Gasteiger partial charge < -0.3 is 0 Å². The average molecular weight is 312 g/mol. The van der Waals surface area contributed by atoms with Gasteiger partial charge in [0.05, 0.1) is 16.9 Å². The highest BCUT2D eigenvalue weighted by Gasteiger charge is 2.08. The summed E-state index contributed by atoms with van der Waals surface area (Å²) in [6, 6.07) is 22.9. The molecule has 0 bridgehead atoms. The van der Waals surface area contributed by atoms with E-state index in [0.29, 0.717) is 0 Å². The van der Waals surface area contributed by atoms with Crippen LogP contribution in [0.3, 0.4) is 0 Å². The fourth-order valence-corrected chi connectivity index (χ4v) is 4.08. The van der Waals surface area contributed by atoms with E-state index in [9.17, 15) is 0 Å². The summed E-state index contributed by atoms with van der Waals surface area (Å²) in [6.45, 7) is 0. The van der Waals surface area contributed by atoms with Crippen molar-refractivity contribution in [1.29, 1.82) is 0 Å². The van der Waals surface area contributed by atoms with Gasteiger partial charge in [0.15, 0.2) is 0 Å². The van der Waals surface area contributed by atoms with E-state index < -0.39 is 0 Å². The van der Waals surface area contributed by atoms with Crippen LogP contribution < -0.4 is 0 Å². The second-order valence-corrected chi connectivity index (χ2v) is 6.64. The van der Waals surface area contributed by atoms with Crippen molar-refractivity contribution in [2.75, 3.05) is 0 Å². The van der Waals surface area contributed by atoms with Crippen molar-refractivity contribution in [3.63, 3.8) is 0 Å². The maximum Gasteiger partial charge on any atom is 0.0900 e. The van der Waals surface area contributed by atoms with E-state index in [1.165, 1.54) is 20.2 Å². The van der Waals surface area contributed by atoms with E-state index in [1.807, 2.05) is 30.5 Å². The quantitative estimate of drug-likeness (QED) is 0.399. The lowest BCUT2D eigenvalue weighted by molar-refractivity contribution is 1.30. The van der Waals surface area contributed by atoms with Crippen LogP contribution in [0.1, 0.15) is 0 Å². The molecule has 0 saturated carbocycles. The van der Waals surface area contributed by atoms with Crippen molar-refractivity contribution < 1.29 is 0 Å². The lowest BCUT2D eigenvalue weighted by atomic mass is 10.1. The maximum atomic E-state index is 4.75. The van der Waals surface area contributed by atoms with Crippen LogP contribution in [0.25, 0.3) is 42.5 Å². The molecule has 0 radical (unpaired) electrons. The zero-order valence-electron chi connectivity index (χ0n) is 12.2. The highest BCUT2D eigenvalue weighted by atomic mass is 32.1. The Morgan fingerprint density at radius 3 is 2.57 bits per heavy atom. The second kappa shape index (κ2) is 4.86. The molecule has 3 aromatic heterocycles. The minimum Gasteiger partial charge on any atom is -0.254 e. The van der Waals surface area contributed by atoms with Gasteiger partial charge in [-0.15, -0.1) is 11.3 Å². The van der Waals surface area contributed by atoms with E-state index in [0.717, 1.165) is 22.3 Å². The normalized spacial score (nSPS) is 11.5. The second-order valence-electron chi connectivity index (χ2n) is 5.55. The molecule has 0 fully saturated rings. The molecule has 2 nitrogen and oxygen atoms in total. The molecule has 3 heterocycles. The summed E-state index contributed by atoms with van der Waals surface area (Å²) in [5, 5.41) is 3.65. The average Bonchev–Trinajstić information content (AvgIpc) is 2.99. The number of aromatic nitrogens is 2. The summed E-state index contributed by atoms with van der Waals surface area (Å²) >= 11 is 1.81. The third kappa shape index (κ3) is 2.01. The van der Waals surface area contributed by atoms with Gasteiger partial charge in [-0.05, 0) is 24.3 Å². The Labute approximate surface area is 137 Å². The minimum absolute atomic E-state index is 0.919. The van der Waals surface area contributed by atoms with Gasteiger partial charge in [-0.25, -0.2) is 4.98 Å². The molecule has 2 aromatic carbocycles. The molecule has 108 valence electrons. The largest absolute Gasteiger partial charge is 0.254 e. The van der Waals surface area contributed by atoms with Crippen LogP contribution in [-0.2, 0) is 0 Å². The summed E-state index contributed by atoms with van der Waals surface area (Å²) in [6.07, 6.45) is 1.97. The third-order valence-electron chi connectivity index (χ3n) is 4.12. The smallest absolute Gasteiger partial charge is 0.0900 e. The van der Waals surface area contributed by atoms with Crippen LogP contribution in [0.15, 0.2) is 72.9 Å². The first-order valence-corrected chi connectivity index (χ1v) is 8.34. The Bertz CT molecular complexity index is 1170. The predicted molar refractivity (Wildman–Crippen MR) is 97.9 cm³/mol. The molecular formula is C20H12N2S. The van der Waals surface area contributed by atoms with Crippen LogP contribution >= 0.6 is 11.3 Å². The van der Waals surface area contributed by atoms with E-state index in [2.05, 4.69) is 47.4 Å². The predicted octanol–water partition coefficient (Wildman–Crippen LogP) is 5.66. The minimum atomic E-state index is 0.919. The lowest BCUT2D eigenvalue weighted by Gasteiger charge is -2.03. The van der Waals surface area contributed by atoms with Crippen LogP contribution in [0.4, 0.5) is 0 Å². The number of hydrogen-bond acceptors (Lipinski definition) is 3. The molecule has 3 heteroatoms. The molecule has 23 heavy (non-hydrogen) atoms. The van der Waals surface area contributed by atoms with Crippen molar-refractivity contribution in [3.05, 3.63) is 72.9 Å². The lowest BCUT2D eigenvalue weighted by Crippen LogP contribution is -1.87. The molecule has 0 unspecified atom stereocenters. The Morgan fingerprint density at radius 2 is 1.57 bits per heavy atom. The first-order valence-electron chi connectivity index (χ1n) is 7.52. The van der Waals surface area contributed by atoms with Gasteiger partial charge >= 0.3 is 0 Å². The van der Waals surface area contributed by atoms with Crippen molar-refractivity contribution in [1.82, 2.24) is 9.97 Å². The number of pyridine rings is 2. The van der Waals surface area contributed by atoms with Crippen LogP contribution in [0.2, 0.25) is 0 Å². The summed E-state index contributed by atoms with van der Waals surface area (Å²) in [5.74, 6) is 0. The summed E-state index contributed by atoms with van der Waals surface area (Å²) in [4.78, 5) is 9.40. The number of thiophene rings is 1.